The Hall–Kier alpha value is -13.7. The number of aromatic nitrogens is 28. The zero-order valence-corrected chi connectivity index (χ0v) is 71.6. The van der Waals surface area contributed by atoms with E-state index in [4.69, 9.17) is 4.42 Å². The minimum absolute atomic E-state index is 0.0185. The number of nitrogens with zero attached hydrogens (tertiary/aromatic N) is 28. The number of thiazole rings is 2. The lowest BCUT2D eigenvalue weighted by molar-refractivity contribution is 0.534. The molecule has 31 nitrogen and oxygen atoms in total. The molecule has 0 saturated carbocycles. The van der Waals surface area contributed by atoms with Crippen molar-refractivity contribution < 1.29 is 8.83 Å². The summed E-state index contributed by atoms with van der Waals surface area (Å²) in [5, 5.41) is 35.8. The molecule has 0 fully saturated rings. The first-order valence-electron chi connectivity index (χ1n) is 35.5. The molecule has 0 unspecified atom stereocenters. The molecule has 18 aromatic rings. The third-order valence-corrected chi connectivity index (χ3v) is 15.4. The molecule has 18 heterocycles. The number of pyridine rings is 3. The fraction of sp³-hybridized carbons (Fsp3) is 0.256. The highest BCUT2D eigenvalue weighted by Crippen LogP contribution is 2.06. The van der Waals surface area contributed by atoms with E-state index in [0.29, 0.717) is 0 Å². The summed E-state index contributed by atoms with van der Waals surface area (Å²) in [6.07, 6.45) is 56.7. The highest BCUT2D eigenvalue weighted by molar-refractivity contribution is 7.09. The van der Waals surface area contributed by atoms with Crippen molar-refractivity contribution >= 4 is 22.7 Å². The van der Waals surface area contributed by atoms with Crippen molar-refractivity contribution in [1.82, 2.24) is 136 Å². The Kier molecular flexibility index (Phi) is 56.2. The molecule has 0 aromatic carbocycles. The minimum atomic E-state index is 0.0185. The average Bonchev–Trinajstić information content (AvgIpc) is 1.77. The van der Waals surface area contributed by atoms with Gasteiger partial charge in [-0.15, -0.1) is 32.9 Å². The molecule has 0 bridgehead atoms. The summed E-state index contributed by atoms with van der Waals surface area (Å²) in [5.74, 6) is 3.08. The maximum atomic E-state index is 10.7. The highest BCUT2D eigenvalue weighted by atomic mass is 32.1. The van der Waals surface area contributed by atoms with Crippen LogP contribution in [-0.4, -0.2) is 136 Å². The van der Waals surface area contributed by atoms with Gasteiger partial charge in [0.2, 0.25) is 0 Å². The van der Waals surface area contributed by atoms with Crippen LogP contribution < -0.4 is 5.69 Å². The van der Waals surface area contributed by atoms with Gasteiger partial charge >= 0.3 is 5.69 Å². The van der Waals surface area contributed by atoms with Crippen LogP contribution in [0, 0.1) is 62.3 Å². The van der Waals surface area contributed by atoms with Crippen LogP contribution in [0.2, 0.25) is 0 Å². The van der Waals surface area contributed by atoms with E-state index in [2.05, 4.69) is 161 Å². The minimum Gasteiger partial charge on any atom is -0.470 e. The summed E-state index contributed by atoms with van der Waals surface area (Å²) in [6, 6.07) is 32.7. The molecular formula is C82H114N28O3S2. The lowest BCUT2D eigenvalue weighted by atomic mass is 10.3. The summed E-state index contributed by atoms with van der Waals surface area (Å²) in [5.41, 5.74) is 5.46. The first-order valence-corrected chi connectivity index (χ1v) is 37.2. The number of aryl methyl sites for hydroxylation is 19. The van der Waals surface area contributed by atoms with Crippen LogP contribution in [0.25, 0.3) is 0 Å². The van der Waals surface area contributed by atoms with E-state index < -0.39 is 0 Å². The number of hydrogen-bond acceptors (Lipinski definition) is 21. The molecule has 0 amide bonds. The topological polar surface area (TPSA) is 309 Å². The van der Waals surface area contributed by atoms with Gasteiger partial charge in [0.1, 0.15) is 23.7 Å². The van der Waals surface area contributed by atoms with Gasteiger partial charge in [-0.2, -0.15) is 20.4 Å². The summed E-state index contributed by atoms with van der Waals surface area (Å²) >= 11 is 3.33. The molecular weight excluding hydrogens is 1490 g/mol. The van der Waals surface area contributed by atoms with Crippen LogP contribution in [0.1, 0.15) is 49.9 Å². The Bertz CT molecular complexity index is 4110. The van der Waals surface area contributed by atoms with Crippen molar-refractivity contribution in [2.24, 2.45) is 84.6 Å². The van der Waals surface area contributed by atoms with Gasteiger partial charge in [0.25, 0.3) is 0 Å². The first-order chi connectivity index (χ1) is 55.3. The van der Waals surface area contributed by atoms with E-state index in [0.717, 1.165) is 27.4 Å². The third-order valence-electron chi connectivity index (χ3n) is 14.0. The van der Waals surface area contributed by atoms with Gasteiger partial charge < -0.3 is 36.2 Å². The maximum absolute atomic E-state index is 10.7. The molecule has 33 heteroatoms. The highest BCUT2D eigenvalue weighted by Gasteiger charge is 1.94. The fourth-order valence-electron chi connectivity index (χ4n) is 6.90. The lowest BCUT2D eigenvalue weighted by Crippen LogP contribution is -2.18. The summed E-state index contributed by atoms with van der Waals surface area (Å²) < 4.78 is 30.8. The van der Waals surface area contributed by atoms with Crippen LogP contribution in [0.4, 0.5) is 0 Å². The SMILES string of the molecule is Cc1ccco1.Cc1ccn(C)c1C.Cc1ccn(C)c1C.Cc1nccn1C.Cc1nccn1C.Cc1nccs1.Cc1nccs1.Cn1cccn1.Cn1cccn1.Cn1cccn1.Cn1cccn1.Cn1ccn(C)c1=O.Cn1ccnn1.Cn1ccnn1.c1ccncc1.c1ccncc1.c1ccncc1.c1cocn1. The van der Waals surface area contributed by atoms with E-state index in [1.54, 1.807) is 201 Å². The number of furan rings is 1. The Balaban J connectivity index is 0.000000609. The monoisotopic (exact) mass is 1600 g/mol. The van der Waals surface area contributed by atoms with Crippen LogP contribution in [0.15, 0.2) is 326 Å². The molecule has 0 N–H and O–H groups in total. The largest absolute Gasteiger partial charge is 0.470 e. The summed E-state index contributed by atoms with van der Waals surface area (Å²) in [6.45, 7) is 18.3. The van der Waals surface area contributed by atoms with Gasteiger partial charge in [-0.05, 0) is 158 Å². The van der Waals surface area contributed by atoms with Crippen molar-refractivity contribution in [2.45, 2.75) is 62.3 Å². The van der Waals surface area contributed by atoms with Gasteiger partial charge in [0.15, 0.2) is 6.39 Å². The summed E-state index contributed by atoms with van der Waals surface area (Å²) in [4.78, 5) is 41.4. The van der Waals surface area contributed by atoms with Crippen molar-refractivity contribution in [3.8, 4) is 0 Å². The number of rotatable bonds is 0. The molecule has 0 atom stereocenters. The second-order valence-corrected chi connectivity index (χ2v) is 25.5. The van der Waals surface area contributed by atoms with Gasteiger partial charge in [-0.25, -0.2) is 19.7 Å². The van der Waals surface area contributed by atoms with Crippen LogP contribution in [-0.2, 0) is 84.6 Å². The van der Waals surface area contributed by atoms with Crippen LogP contribution >= 0.6 is 22.7 Å². The third kappa shape index (κ3) is 56.2. The predicted molar refractivity (Wildman–Crippen MR) is 458 cm³/mol. The van der Waals surface area contributed by atoms with Crippen molar-refractivity contribution in [1.29, 1.82) is 0 Å². The molecule has 115 heavy (non-hydrogen) atoms. The average molecular weight is 1600 g/mol. The lowest BCUT2D eigenvalue weighted by Gasteiger charge is -1.93. The normalized spacial score (nSPS) is 8.95. The fourth-order valence-corrected chi connectivity index (χ4v) is 7.78. The van der Waals surface area contributed by atoms with Gasteiger partial charge in [-0.3, -0.25) is 53.0 Å². The number of hydrogen-bond donors (Lipinski definition) is 0. The predicted octanol–water partition coefficient (Wildman–Crippen LogP) is 14.2. The molecule has 0 saturated heterocycles. The second-order valence-electron chi connectivity index (χ2n) is 23.3. The summed E-state index contributed by atoms with van der Waals surface area (Å²) in [7, 11) is 22.7. The Morgan fingerprint density at radius 1 is 0.296 bits per heavy atom. The number of imidazole rings is 3. The van der Waals surface area contributed by atoms with E-state index in [1.807, 2.05) is 239 Å². The smallest absolute Gasteiger partial charge is 0.327 e. The standard InChI is InChI=1S/2C7H11N.C5H8N2O.2C5H8N2.3C5H5N.C5H6O.4C4H6N2.2C4H5NS.2C3H5N3.C3H3NO/c2*1-6-4-5-8(3)7(6)2;1-6-3-4-7(2)5(6)8;2*1-5-6-3-4-7(5)2;3*1-2-4-6-5-3-1;1-5-3-2-4-6-5;4*1-6-4-2-3-5-6;2*1-4-5-2-3-6-4;2*1-6-3-2-4-5-6;1-2-5-3-4-1/h2*4-5H,1-3H3;3-4H,1-2H3;2*3-4H,1-2H3;3*1-5H;5*2-4H,1H3;4*2-3H,1H3;1-3H. The molecule has 0 spiro atoms. The van der Waals surface area contributed by atoms with Gasteiger partial charge in [0.05, 0.1) is 34.9 Å². The Morgan fingerprint density at radius 2 is 0.661 bits per heavy atom. The molecule has 0 aliphatic carbocycles. The van der Waals surface area contributed by atoms with Crippen molar-refractivity contribution in [3.63, 3.8) is 0 Å². The first kappa shape index (κ1) is 99.3. The van der Waals surface area contributed by atoms with E-state index in [9.17, 15) is 4.79 Å². The van der Waals surface area contributed by atoms with Gasteiger partial charge in [-0.1, -0.05) is 28.6 Å². The van der Waals surface area contributed by atoms with E-state index in [-0.39, 0.29) is 5.69 Å². The zero-order chi connectivity index (χ0) is 84.9. The Labute approximate surface area is 683 Å². The molecule has 612 valence electrons. The second kappa shape index (κ2) is 65.1. The molecule has 0 radical (unpaired) electrons. The molecule has 0 aliphatic heterocycles. The van der Waals surface area contributed by atoms with Gasteiger partial charge in [0, 0.05) is 268 Å². The van der Waals surface area contributed by atoms with E-state index >= 15 is 0 Å². The van der Waals surface area contributed by atoms with Crippen LogP contribution in [0.5, 0.6) is 0 Å². The van der Waals surface area contributed by atoms with Crippen LogP contribution in [0.3, 0.4) is 0 Å². The maximum Gasteiger partial charge on any atom is 0.327 e. The van der Waals surface area contributed by atoms with Crippen molar-refractivity contribution in [3.05, 3.63) is 373 Å². The van der Waals surface area contributed by atoms with E-state index in [1.165, 1.54) is 44.3 Å². The van der Waals surface area contributed by atoms with Crippen molar-refractivity contribution in [2.75, 3.05) is 0 Å². The molecule has 18 aromatic heterocycles. The Morgan fingerprint density at radius 3 is 0.739 bits per heavy atom. The molecule has 18 rings (SSSR count). The molecule has 0 aliphatic rings. The quantitative estimate of drug-likeness (QED) is 0.136. The zero-order valence-electron chi connectivity index (χ0n) is 70.0. The number of oxazole rings is 1.